The zero-order chi connectivity index (χ0) is 29.2. The van der Waals surface area contributed by atoms with Gasteiger partial charge in [0.25, 0.3) is 0 Å². The maximum atomic E-state index is 11.0. The molecule has 0 heterocycles. The Morgan fingerprint density at radius 3 is 1.57 bits per heavy atom. The Morgan fingerprint density at radius 2 is 1.07 bits per heavy atom. The van der Waals surface area contributed by atoms with Crippen LogP contribution < -0.4 is 0 Å². The molecule has 0 spiro atoms. The highest BCUT2D eigenvalue weighted by molar-refractivity contribution is 7.99. The minimum atomic E-state index is -0.697. The van der Waals surface area contributed by atoms with Crippen molar-refractivity contribution in [3.8, 4) is 0 Å². The second-order valence-corrected chi connectivity index (χ2v) is 12.8. The first-order valence-electron chi connectivity index (χ1n) is 14.7. The molecule has 0 saturated carbocycles. The first-order chi connectivity index (χ1) is 20.6. The van der Waals surface area contributed by atoms with Crippen molar-refractivity contribution >= 4 is 53.8 Å². The van der Waals surface area contributed by atoms with Crippen LogP contribution in [0.1, 0.15) is 65.5 Å². The number of unbranched alkanes of at least 4 members (excludes halogenated alkanes) is 1. The Labute approximate surface area is 260 Å². The van der Waals surface area contributed by atoms with Gasteiger partial charge in [0.1, 0.15) is 0 Å². The van der Waals surface area contributed by atoms with Crippen LogP contribution in [0.25, 0.3) is 24.3 Å². The summed E-state index contributed by atoms with van der Waals surface area (Å²) >= 11 is 4.00. The Bertz CT molecular complexity index is 1380. The molecule has 4 heteroatoms. The highest BCUT2D eigenvalue weighted by Crippen LogP contribution is 2.28. The largest absolute Gasteiger partial charge is 0.481 e. The van der Waals surface area contributed by atoms with Gasteiger partial charge in [-0.25, -0.2) is 0 Å². The van der Waals surface area contributed by atoms with Crippen LogP contribution in [0.4, 0.5) is 0 Å². The highest BCUT2D eigenvalue weighted by atomic mass is 32.2. The minimum absolute atomic E-state index is 0.265. The summed E-state index contributed by atoms with van der Waals surface area (Å²) in [6.45, 7) is 0. The van der Waals surface area contributed by atoms with Gasteiger partial charge in [-0.3, -0.25) is 4.79 Å². The summed E-state index contributed by atoms with van der Waals surface area (Å²) in [6.07, 6.45) is 12.8. The van der Waals surface area contributed by atoms with E-state index in [0.29, 0.717) is 5.25 Å². The van der Waals surface area contributed by atoms with Gasteiger partial charge in [-0.05, 0) is 58.4 Å². The third kappa shape index (κ3) is 12.2. The van der Waals surface area contributed by atoms with Gasteiger partial charge in [-0.1, -0.05) is 140 Å². The molecule has 0 bridgehead atoms. The molecule has 0 aliphatic carbocycles. The lowest BCUT2D eigenvalue weighted by Crippen LogP contribution is -2.06. The zero-order valence-corrected chi connectivity index (χ0v) is 25.7. The number of thioether (sulfide) groups is 2. The summed E-state index contributed by atoms with van der Waals surface area (Å²) in [5, 5.41) is 9.56. The molecule has 0 saturated heterocycles. The molecule has 4 rings (SSSR count). The fraction of sp³-hybridized carbons (Fsp3) is 0.237. The van der Waals surface area contributed by atoms with E-state index >= 15 is 0 Å². The lowest BCUT2D eigenvalue weighted by Gasteiger charge is -2.17. The Morgan fingerprint density at radius 1 is 0.595 bits per heavy atom. The SMILES string of the molecule is O=C(O)CCCCC(CCSCc1ccc(C=Cc2ccccc2)cc1)SCc1ccc(C=Cc2ccccc2)cc1. The van der Waals surface area contributed by atoms with Gasteiger partial charge in [-0.15, -0.1) is 0 Å². The Kier molecular flexibility index (Phi) is 13.6. The molecular formula is C38H40O2S2. The van der Waals surface area contributed by atoms with Crippen molar-refractivity contribution in [2.45, 2.75) is 48.9 Å². The summed E-state index contributed by atoms with van der Waals surface area (Å²) in [7, 11) is 0. The van der Waals surface area contributed by atoms with E-state index in [-0.39, 0.29) is 6.42 Å². The molecule has 0 aliphatic rings. The van der Waals surface area contributed by atoms with Crippen LogP contribution in [0.3, 0.4) is 0 Å². The molecule has 0 aliphatic heterocycles. The van der Waals surface area contributed by atoms with E-state index < -0.39 is 5.97 Å². The van der Waals surface area contributed by atoms with Crippen molar-refractivity contribution < 1.29 is 9.90 Å². The van der Waals surface area contributed by atoms with Crippen LogP contribution in [0.5, 0.6) is 0 Å². The number of benzene rings is 4. The van der Waals surface area contributed by atoms with Crippen LogP contribution in [-0.4, -0.2) is 22.1 Å². The van der Waals surface area contributed by atoms with Crippen molar-refractivity contribution in [2.24, 2.45) is 0 Å². The number of carbonyl (C=O) groups is 1. The molecule has 0 radical (unpaired) electrons. The average molecular weight is 593 g/mol. The Hall–Kier alpha value is -3.47. The molecular weight excluding hydrogens is 553 g/mol. The molecule has 0 fully saturated rings. The van der Waals surface area contributed by atoms with Gasteiger partial charge in [0.05, 0.1) is 0 Å². The second kappa shape index (κ2) is 18.1. The molecule has 2 nitrogen and oxygen atoms in total. The third-order valence-corrected chi connectivity index (χ3v) is 9.51. The van der Waals surface area contributed by atoms with Crippen molar-refractivity contribution in [1.82, 2.24) is 0 Å². The maximum Gasteiger partial charge on any atom is 0.303 e. The van der Waals surface area contributed by atoms with E-state index in [0.717, 1.165) is 42.9 Å². The summed E-state index contributed by atoms with van der Waals surface area (Å²) in [6, 6.07) is 38.4. The maximum absolute atomic E-state index is 11.0. The van der Waals surface area contributed by atoms with Gasteiger partial charge >= 0.3 is 5.97 Å². The van der Waals surface area contributed by atoms with Crippen molar-refractivity contribution in [2.75, 3.05) is 5.75 Å². The molecule has 0 aromatic heterocycles. The standard InChI is InChI=1S/C38H40O2S2/c39-38(40)14-8-7-13-37(42-30-36-25-21-34(22-26-36)18-16-32-11-5-2-6-12-32)27-28-41-29-35-23-19-33(20-24-35)17-15-31-9-3-1-4-10-31/h1-6,9-12,15-26,37H,7-8,13-14,27-30H2,(H,39,40). The summed E-state index contributed by atoms with van der Waals surface area (Å²) in [4.78, 5) is 11.0. The number of carboxylic acid groups (broad SMARTS) is 1. The molecule has 1 atom stereocenters. The molecule has 4 aromatic carbocycles. The second-order valence-electron chi connectivity index (χ2n) is 10.4. The first-order valence-corrected chi connectivity index (χ1v) is 16.9. The van der Waals surface area contributed by atoms with Crippen LogP contribution in [0.2, 0.25) is 0 Å². The lowest BCUT2D eigenvalue weighted by molar-refractivity contribution is -0.137. The Balaban J connectivity index is 1.22. The average Bonchev–Trinajstić information content (AvgIpc) is 3.03. The molecule has 0 amide bonds. The highest BCUT2D eigenvalue weighted by Gasteiger charge is 2.11. The number of rotatable bonds is 17. The van der Waals surface area contributed by atoms with Crippen LogP contribution in [0.15, 0.2) is 109 Å². The van der Waals surface area contributed by atoms with Crippen molar-refractivity contribution in [3.05, 3.63) is 143 Å². The molecule has 216 valence electrons. The fourth-order valence-electron chi connectivity index (χ4n) is 4.54. The van der Waals surface area contributed by atoms with Crippen molar-refractivity contribution in [3.63, 3.8) is 0 Å². The predicted octanol–water partition coefficient (Wildman–Crippen LogP) is 10.6. The summed E-state index contributed by atoms with van der Waals surface area (Å²) < 4.78 is 0. The van der Waals surface area contributed by atoms with Gasteiger partial charge in [0.2, 0.25) is 0 Å². The number of carboxylic acids is 1. The zero-order valence-electron chi connectivity index (χ0n) is 24.1. The van der Waals surface area contributed by atoms with Crippen LogP contribution in [-0.2, 0) is 16.3 Å². The van der Waals surface area contributed by atoms with Crippen LogP contribution in [0, 0.1) is 0 Å². The first kappa shape index (κ1) is 31.5. The van der Waals surface area contributed by atoms with E-state index in [1.54, 1.807) is 0 Å². The van der Waals surface area contributed by atoms with E-state index in [1.807, 2.05) is 35.7 Å². The quantitative estimate of drug-likeness (QED) is 0.0977. The predicted molar refractivity (Wildman–Crippen MR) is 186 cm³/mol. The van der Waals surface area contributed by atoms with Crippen molar-refractivity contribution in [1.29, 1.82) is 0 Å². The van der Waals surface area contributed by atoms with Crippen LogP contribution >= 0.6 is 23.5 Å². The lowest BCUT2D eigenvalue weighted by atomic mass is 10.1. The monoisotopic (exact) mass is 592 g/mol. The van der Waals surface area contributed by atoms with E-state index in [2.05, 4.69) is 121 Å². The van der Waals surface area contributed by atoms with Gasteiger partial charge in [0, 0.05) is 23.2 Å². The van der Waals surface area contributed by atoms with E-state index in [9.17, 15) is 4.79 Å². The number of aliphatic carboxylic acids is 1. The molecule has 4 aromatic rings. The third-order valence-electron chi connectivity index (χ3n) is 7.00. The minimum Gasteiger partial charge on any atom is -0.481 e. The van der Waals surface area contributed by atoms with Gasteiger partial charge in [-0.2, -0.15) is 23.5 Å². The topological polar surface area (TPSA) is 37.3 Å². The van der Waals surface area contributed by atoms with E-state index in [1.165, 1.54) is 33.4 Å². The normalized spacial score (nSPS) is 12.2. The van der Waals surface area contributed by atoms with Gasteiger partial charge in [0.15, 0.2) is 0 Å². The smallest absolute Gasteiger partial charge is 0.303 e. The number of hydrogen-bond acceptors (Lipinski definition) is 3. The summed E-state index contributed by atoms with van der Waals surface area (Å²) in [5.41, 5.74) is 7.51. The number of hydrogen-bond donors (Lipinski definition) is 1. The summed E-state index contributed by atoms with van der Waals surface area (Å²) in [5.74, 6) is 2.40. The molecule has 42 heavy (non-hydrogen) atoms. The van der Waals surface area contributed by atoms with E-state index in [4.69, 9.17) is 5.11 Å². The van der Waals surface area contributed by atoms with Gasteiger partial charge < -0.3 is 5.11 Å². The molecule has 1 N–H and O–H groups in total. The fourth-order valence-corrected chi connectivity index (χ4v) is 6.95. The molecule has 1 unspecified atom stereocenters.